The lowest BCUT2D eigenvalue weighted by molar-refractivity contribution is 0.0563. The number of thioether (sulfide) groups is 1. The van der Waals surface area contributed by atoms with Crippen molar-refractivity contribution in [2.24, 2.45) is 0 Å². The van der Waals surface area contributed by atoms with E-state index < -0.39 is 5.97 Å². The van der Waals surface area contributed by atoms with Gasteiger partial charge in [0, 0.05) is 22.3 Å². The first kappa shape index (κ1) is 12.0. The van der Waals surface area contributed by atoms with Gasteiger partial charge >= 0.3 is 5.97 Å². The van der Waals surface area contributed by atoms with Crippen molar-refractivity contribution < 1.29 is 13.9 Å². The second-order valence-corrected chi connectivity index (χ2v) is 5.08. The van der Waals surface area contributed by atoms with Crippen LogP contribution in [0.15, 0.2) is 44.4 Å². The Bertz CT molecular complexity index is 718. The second-order valence-electron chi connectivity index (χ2n) is 4.06. The van der Waals surface area contributed by atoms with Gasteiger partial charge in [-0.2, -0.15) is 0 Å². The molecule has 0 atom stereocenters. The average molecular weight is 274 g/mol. The molecule has 0 radical (unpaired) electrons. The molecule has 0 bridgehead atoms. The molecule has 1 aromatic heterocycles. The fraction of sp³-hybridized carbons (Fsp3) is 0.143. The van der Waals surface area contributed by atoms with Crippen LogP contribution in [0.5, 0.6) is 0 Å². The van der Waals surface area contributed by atoms with E-state index in [-0.39, 0.29) is 11.2 Å². The maximum atomic E-state index is 12.0. The van der Waals surface area contributed by atoms with E-state index in [4.69, 9.17) is 4.42 Å². The summed E-state index contributed by atoms with van der Waals surface area (Å²) in [7, 11) is 1.26. The Balaban J connectivity index is 2.26. The summed E-state index contributed by atoms with van der Waals surface area (Å²) in [6, 6.07) is 8.84. The van der Waals surface area contributed by atoms with E-state index in [0.29, 0.717) is 17.1 Å². The zero-order valence-electron chi connectivity index (χ0n) is 10.1. The van der Waals surface area contributed by atoms with Crippen molar-refractivity contribution >= 4 is 17.7 Å². The number of carbonyl (C=O) groups excluding carboxylic acids is 1. The van der Waals surface area contributed by atoms with Crippen molar-refractivity contribution in [2.75, 3.05) is 7.11 Å². The molecule has 0 spiro atoms. The molecule has 3 rings (SSSR count). The van der Waals surface area contributed by atoms with Gasteiger partial charge in [0.25, 0.3) is 0 Å². The second kappa shape index (κ2) is 4.59. The highest BCUT2D eigenvalue weighted by molar-refractivity contribution is 7.98. The van der Waals surface area contributed by atoms with E-state index in [1.165, 1.54) is 13.2 Å². The number of hydrogen-bond acceptors (Lipinski definition) is 5. The number of hydrogen-bond donors (Lipinski definition) is 0. The Hall–Kier alpha value is -2.01. The highest BCUT2D eigenvalue weighted by Gasteiger charge is 2.23. The molecule has 0 fully saturated rings. The van der Waals surface area contributed by atoms with Gasteiger partial charge < -0.3 is 9.15 Å². The molecule has 1 aromatic carbocycles. The molecular weight excluding hydrogens is 264 g/mol. The first-order valence-corrected chi connectivity index (χ1v) is 6.67. The number of carbonyl (C=O) groups is 1. The van der Waals surface area contributed by atoms with Gasteiger partial charge in [-0.25, -0.2) is 4.79 Å². The van der Waals surface area contributed by atoms with Gasteiger partial charge in [0.05, 0.1) is 12.7 Å². The molecule has 0 aliphatic carbocycles. The van der Waals surface area contributed by atoms with Crippen molar-refractivity contribution in [2.45, 2.75) is 10.6 Å². The molecular formula is C14H10O4S. The monoisotopic (exact) mass is 274 g/mol. The first-order valence-electron chi connectivity index (χ1n) is 5.68. The van der Waals surface area contributed by atoms with Crippen molar-refractivity contribution in [3.63, 3.8) is 0 Å². The molecule has 0 N–H and O–H groups in total. The summed E-state index contributed by atoms with van der Waals surface area (Å²) < 4.78 is 10.2. The van der Waals surface area contributed by atoms with Crippen LogP contribution in [0.1, 0.15) is 16.1 Å². The molecule has 0 unspecified atom stereocenters. The number of methoxy groups -OCH3 is 1. The van der Waals surface area contributed by atoms with Gasteiger partial charge in [0.1, 0.15) is 5.76 Å². The lowest BCUT2D eigenvalue weighted by Gasteiger charge is -2.17. The molecule has 0 amide bonds. The Morgan fingerprint density at radius 2 is 2.16 bits per heavy atom. The van der Waals surface area contributed by atoms with Crippen LogP contribution in [-0.4, -0.2) is 13.1 Å². The Kier molecular flexibility index (Phi) is 2.91. The minimum Gasteiger partial charge on any atom is -0.463 e. The van der Waals surface area contributed by atoms with E-state index in [0.717, 1.165) is 10.5 Å². The normalized spacial score (nSPS) is 12.5. The standard InChI is InChI=1S/C14H10O4S/c1-17-14(16)11-6-10(15)9-7-19-12-5-3-2-4-8(12)13(9)18-11/h2-6H,7H2,1H3. The van der Waals surface area contributed by atoms with Crippen LogP contribution < -0.4 is 5.43 Å². The Labute approximate surface area is 113 Å². The van der Waals surface area contributed by atoms with Crippen molar-refractivity contribution in [1.82, 2.24) is 0 Å². The molecule has 19 heavy (non-hydrogen) atoms. The average Bonchev–Trinajstić information content (AvgIpc) is 2.46. The van der Waals surface area contributed by atoms with Gasteiger partial charge in [-0.1, -0.05) is 18.2 Å². The molecule has 0 saturated carbocycles. The molecule has 4 nitrogen and oxygen atoms in total. The fourth-order valence-corrected chi connectivity index (χ4v) is 3.07. The highest BCUT2D eigenvalue weighted by atomic mass is 32.2. The summed E-state index contributed by atoms with van der Waals surface area (Å²) in [6.07, 6.45) is 0. The third-order valence-corrected chi connectivity index (χ3v) is 4.04. The smallest absolute Gasteiger partial charge is 0.374 e. The van der Waals surface area contributed by atoms with Crippen LogP contribution in [0, 0.1) is 0 Å². The summed E-state index contributed by atoms with van der Waals surface area (Å²) >= 11 is 1.59. The Morgan fingerprint density at radius 1 is 1.37 bits per heavy atom. The number of benzene rings is 1. The van der Waals surface area contributed by atoms with Crippen molar-refractivity contribution in [1.29, 1.82) is 0 Å². The topological polar surface area (TPSA) is 56.5 Å². The predicted molar refractivity (Wildman–Crippen MR) is 71.3 cm³/mol. The number of esters is 1. The summed E-state index contributed by atoms with van der Waals surface area (Å²) in [4.78, 5) is 24.6. The summed E-state index contributed by atoms with van der Waals surface area (Å²) in [5.41, 5.74) is 1.25. The molecule has 1 aliphatic heterocycles. The van der Waals surface area contributed by atoms with E-state index in [1.807, 2.05) is 24.3 Å². The summed E-state index contributed by atoms with van der Waals surface area (Å²) in [5.74, 6) is 0.321. The summed E-state index contributed by atoms with van der Waals surface area (Å²) in [6.45, 7) is 0. The predicted octanol–water partition coefficient (Wildman–Crippen LogP) is 2.70. The van der Waals surface area contributed by atoms with Crippen LogP contribution in [0.4, 0.5) is 0 Å². The lowest BCUT2D eigenvalue weighted by Crippen LogP contribution is -2.15. The lowest BCUT2D eigenvalue weighted by atomic mass is 10.1. The maximum Gasteiger partial charge on any atom is 0.374 e. The molecule has 5 heteroatoms. The quantitative estimate of drug-likeness (QED) is 0.748. The molecule has 1 aliphatic rings. The third kappa shape index (κ3) is 1.96. The van der Waals surface area contributed by atoms with E-state index >= 15 is 0 Å². The SMILES string of the molecule is COC(=O)c1cc(=O)c2c(o1)-c1ccccc1SC2. The van der Waals surface area contributed by atoms with E-state index in [2.05, 4.69) is 4.74 Å². The van der Waals surface area contributed by atoms with E-state index in [1.54, 1.807) is 11.8 Å². The zero-order chi connectivity index (χ0) is 13.4. The number of fused-ring (bicyclic) bond motifs is 3. The van der Waals surface area contributed by atoms with Crippen LogP contribution in [0.3, 0.4) is 0 Å². The van der Waals surface area contributed by atoms with Gasteiger partial charge in [-0.15, -0.1) is 11.8 Å². The maximum absolute atomic E-state index is 12.0. The van der Waals surface area contributed by atoms with Crippen LogP contribution >= 0.6 is 11.8 Å². The molecule has 2 aromatic rings. The first-order chi connectivity index (χ1) is 9.20. The highest BCUT2D eigenvalue weighted by Crippen LogP contribution is 2.40. The number of rotatable bonds is 1. The molecule has 2 heterocycles. The van der Waals surface area contributed by atoms with Gasteiger partial charge in [0.15, 0.2) is 5.43 Å². The van der Waals surface area contributed by atoms with Crippen LogP contribution in [-0.2, 0) is 10.5 Å². The largest absolute Gasteiger partial charge is 0.463 e. The molecule has 0 saturated heterocycles. The van der Waals surface area contributed by atoms with Crippen LogP contribution in [0.25, 0.3) is 11.3 Å². The van der Waals surface area contributed by atoms with Crippen molar-refractivity contribution in [3.05, 3.63) is 51.9 Å². The number of ether oxygens (including phenoxy) is 1. The van der Waals surface area contributed by atoms with Gasteiger partial charge in [-0.05, 0) is 6.07 Å². The van der Waals surface area contributed by atoms with E-state index in [9.17, 15) is 9.59 Å². The van der Waals surface area contributed by atoms with Crippen molar-refractivity contribution in [3.8, 4) is 11.3 Å². The zero-order valence-corrected chi connectivity index (χ0v) is 11.0. The van der Waals surface area contributed by atoms with Gasteiger partial charge in [0.2, 0.25) is 5.76 Å². The Morgan fingerprint density at radius 3 is 2.95 bits per heavy atom. The fourth-order valence-electron chi connectivity index (χ4n) is 2.00. The van der Waals surface area contributed by atoms with Gasteiger partial charge in [-0.3, -0.25) is 4.79 Å². The summed E-state index contributed by atoms with van der Waals surface area (Å²) in [5, 5.41) is 0. The van der Waals surface area contributed by atoms with Crippen LogP contribution in [0.2, 0.25) is 0 Å². The third-order valence-electron chi connectivity index (χ3n) is 2.94. The molecule has 96 valence electrons. The minimum absolute atomic E-state index is 0.0621. The minimum atomic E-state index is -0.643.